The van der Waals surface area contributed by atoms with E-state index in [1.165, 1.54) is 12.1 Å². The minimum atomic E-state index is -0.234. The smallest absolute Gasteiger partial charge is 0.123 e. The van der Waals surface area contributed by atoms with E-state index in [1.54, 1.807) is 12.1 Å². The van der Waals surface area contributed by atoms with Crippen LogP contribution in [0.15, 0.2) is 59.7 Å². The van der Waals surface area contributed by atoms with Gasteiger partial charge in [-0.25, -0.2) is 4.39 Å². The largest absolute Gasteiger partial charge is 0.386 e. The van der Waals surface area contributed by atoms with Crippen molar-refractivity contribution in [1.82, 2.24) is 0 Å². The lowest BCUT2D eigenvalue weighted by atomic mass is 10.0. The van der Waals surface area contributed by atoms with E-state index >= 15 is 0 Å². The number of para-hydroxylation sites is 1. The SMILES string of the molecule is NC1=NN(c2ccccc2)[C@H](c2ccc(F)cc2)C1. The normalized spacial score (nSPS) is 18.5. The molecule has 3 nitrogen and oxygen atoms in total. The average molecular weight is 255 g/mol. The van der Waals surface area contributed by atoms with Gasteiger partial charge in [0.15, 0.2) is 0 Å². The zero-order chi connectivity index (χ0) is 13.2. The van der Waals surface area contributed by atoms with Crippen molar-refractivity contribution < 1.29 is 4.39 Å². The van der Waals surface area contributed by atoms with E-state index in [1.807, 2.05) is 35.3 Å². The number of anilines is 1. The first kappa shape index (κ1) is 11.7. The second-order valence-corrected chi connectivity index (χ2v) is 4.54. The van der Waals surface area contributed by atoms with E-state index in [4.69, 9.17) is 5.73 Å². The quantitative estimate of drug-likeness (QED) is 0.896. The molecule has 0 fully saturated rings. The molecule has 1 atom stereocenters. The molecular weight excluding hydrogens is 241 g/mol. The molecule has 1 aliphatic rings. The summed E-state index contributed by atoms with van der Waals surface area (Å²) in [7, 11) is 0. The van der Waals surface area contributed by atoms with Crippen LogP contribution in [0, 0.1) is 5.82 Å². The van der Waals surface area contributed by atoms with Gasteiger partial charge >= 0.3 is 0 Å². The summed E-state index contributed by atoms with van der Waals surface area (Å²) >= 11 is 0. The first-order valence-electron chi connectivity index (χ1n) is 6.17. The molecule has 1 aliphatic heterocycles. The summed E-state index contributed by atoms with van der Waals surface area (Å²) in [6.07, 6.45) is 0.653. The van der Waals surface area contributed by atoms with Gasteiger partial charge in [-0.15, -0.1) is 0 Å². The highest BCUT2D eigenvalue weighted by Gasteiger charge is 2.27. The second-order valence-electron chi connectivity index (χ2n) is 4.54. The molecule has 0 amide bonds. The molecule has 1 heterocycles. The lowest BCUT2D eigenvalue weighted by molar-refractivity contribution is 0.624. The molecule has 19 heavy (non-hydrogen) atoms. The van der Waals surface area contributed by atoms with E-state index in [0.29, 0.717) is 12.3 Å². The van der Waals surface area contributed by atoms with Gasteiger partial charge in [-0.2, -0.15) is 5.10 Å². The van der Waals surface area contributed by atoms with Gasteiger partial charge in [-0.3, -0.25) is 5.01 Å². The minimum absolute atomic E-state index is 0.0306. The summed E-state index contributed by atoms with van der Waals surface area (Å²) in [5.74, 6) is 0.361. The van der Waals surface area contributed by atoms with E-state index in [-0.39, 0.29) is 11.9 Å². The van der Waals surface area contributed by atoms with Gasteiger partial charge in [-0.1, -0.05) is 30.3 Å². The average Bonchev–Trinajstić information content (AvgIpc) is 2.83. The summed E-state index contributed by atoms with van der Waals surface area (Å²) in [4.78, 5) is 0. The fourth-order valence-corrected chi connectivity index (χ4v) is 2.30. The molecule has 4 heteroatoms. The fourth-order valence-electron chi connectivity index (χ4n) is 2.30. The maximum Gasteiger partial charge on any atom is 0.123 e. The fraction of sp³-hybridized carbons (Fsp3) is 0.133. The van der Waals surface area contributed by atoms with Crippen LogP contribution < -0.4 is 10.7 Å². The predicted octanol–water partition coefficient (Wildman–Crippen LogP) is 3.05. The molecule has 0 radical (unpaired) electrons. The van der Waals surface area contributed by atoms with Crippen LogP contribution in [0.4, 0.5) is 10.1 Å². The first-order chi connectivity index (χ1) is 9.24. The Morgan fingerprint density at radius 1 is 1.05 bits per heavy atom. The molecule has 2 aromatic carbocycles. The van der Waals surface area contributed by atoms with Crippen molar-refractivity contribution in [2.24, 2.45) is 10.8 Å². The maximum absolute atomic E-state index is 13.0. The van der Waals surface area contributed by atoms with Crippen LogP contribution in [0.5, 0.6) is 0 Å². The lowest BCUT2D eigenvalue weighted by Gasteiger charge is -2.23. The molecule has 2 N–H and O–H groups in total. The standard InChI is InChI=1S/C15H14FN3/c16-12-8-6-11(7-9-12)14-10-15(17)18-19(14)13-4-2-1-3-5-13/h1-9,14H,10H2,(H2,17,18)/t14-/m0/s1. The Labute approximate surface area is 111 Å². The molecule has 96 valence electrons. The number of nitrogens with two attached hydrogens (primary N) is 1. The number of hydrogen-bond acceptors (Lipinski definition) is 3. The molecule has 0 aliphatic carbocycles. The van der Waals surface area contributed by atoms with Crippen molar-refractivity contribution in [3.63, 3.8) is 0 Å². The third-order valence-corrected chi connectivity index (χ3v) is 3.21. The van der Waals surface area contributed by atoms with Crippen LogP contribution in [-0.2, 0) is 0 Å². The number of hydrazone groups is 1. The molecule has 0 spiro atoms. The monoisotopic (exact) mass is 255 g/mol. The Bertz CT molecular complexity index is 593. The van der Waals surface area contributed by atoms with E-state index < -0.39 is 0 Å². The van der Waals surface area contributed by atoms with Crippen LogP contribution in [0.2, 0.25) is 0 Å². The van der Waals surface area contributed by atoms with E-state index in [0.717, 1.165) is 11.3 Å². The Balaban J connectivity index is 1.95. The molecule has 0 saturated heterocycles. The van der Waals surface area contributed by atoms with E-state index in [9.17, 15) is 4.39 Å². The number of benzene rings is 2. The predicted molar refractivity (Wildman–Crippen MR) is 74.3 cm³/mol. The molecule has 0 unspecified atom stereocenters. The van der Waals surface area contributed by atoms with Gasteiger partial charge < -0.3 is 5.73 Å². The van der Waals surface area contributed by atoms with E-state index in [2.05, 4.69) is 5.10 Å². The molecule has 2 aromatic rings. The molecule has 3 rings (SSSR count). The maximum atomic E-state index is 13.0. The Morgan fingerprint density at radius 3 is 2.42 bits per heavy atom. The van der Waals surface area contributed by atoms with Crippen molar-refractivity contribution >= 4 is 11.5 Å². The van der Waals surface area contributed by atoms with Crippen LogP contribution in [0.25, 0.3) is 0 Å². The summed E-state index contributed by atoms with van der Waals surface area (Å²) in [5, 5.41) is 6.26. The number of rotatable bonds is 2. The van der Waals surface area contributed by atoms with Gasteiger partial charge in [0.2, 0.25) is 0 Å². The van der Waals surface area contributed by atoms with Crippen molar-refractivity contribution in [3.8, 4) is 0 Å². The van der Waals surface area contributed by atoms with Crippen molar-refractivity contribution in [3.05, 3.63) is 66.0 Å². The summed E-state index contributed by atoms with van der Waals surface area (Å²) in [5.41, 5.74) is 7.85. The third-order valence-electron chi connectivity index (χ3n) is 3.21. The van der Waals surface area contributed by atoms with Crippen molar-refractivity contribution in [2.45, 2.75) is 12.5 Å². The summed E-state index contributed by atoms with van der Waals surface area (Å²) < 4.78 is 13.0. The molecule has 0 bridgehead atoms. The third kappa shape index (κ3) is 2.29. The number of halogens is 1. The molecule has 0 aromatic heterocycles. The number of hydrogen-bond donors (Lipinski definition) is 1. The number of amidine groups is 1. The Kier molecular flexibility index (Phi) is 2.91. The highest BCUT2D eigenvalue weighted by atomic mass is 19.1. The van der Waals surface area contributed by atoms with Crippen LogP contribution >= 0.6 is 0 Å². The molecular formula is C15H14FN3. The summed E-state index contributed by atoms with van der Waals surface area (Å²) in [6.45, 7) is 0. The van der Waals surface area contributed by atoms with Gasteiger partial charge in [0.1, 0.15) is 11.7 Å². The first-order valence-corrected chi connectivity index (χ1v) is 6.17. The molecule has 0 saturated carbocycles. The van der Waals surface area contributed by atoms with Crippen LogP contribution in [0.1, 0.15) is 18.0 Å². The highest BCUT2D eigenvalue weighted by Crippen LogP contribution is 2.33. The number of nitrogens with zero attached hydrogens (tertiary/aromatic N) is 2. The minimum Gasteiger partial charge on any atom is -0.386 e. The second kappa shape index (κ2) is 4.72. The van der Waals surface area contributed by atoms with Crippen molar-refractivity contribution in [2.75, 3.05) is 5.01 Å². The zero-order valence-electron chi connectivity index (χ0n) is 10.3. The topological polar surface area (TPSA) is 41.6 Å². The van der Waals surface area contributed by atoms with Gasteiger partial charge in [0, 0.05) is 6.42 Å². The highest BCUT2D eigenvalue weighted by molar-refractivity contribution is 5.85. The van der Waals surface area contributed by atoms with Gasteiger partial charge in [-0.05, 0) is 29.8 Å². The zero-order valence-corrected chi connectivity index (χ0v) is 10.3. The van der Waals surface area contributed by atoms with Gasteiger partial charge in [0.05, 0.1) is 11.7 Å². The lowest BCUT2D eigenvalue weighted by Crippen LogP contribution is -2.18. The summed E-state index contributed by atoms with van der Waals surface area (Å²) in [6, 6.07) is 16.4. The Morgan fingerprint density at radius 2 is 1.74 bits per heavy atom. The van der Waals surface area contributed by atoms with Crippen molar-refractivity contribution in [1.29, 1.82) is 0 Å². The van der Waals surface area contributed by atoms with Crippen LogP contribution in [0.3, 0.4) is 0 Å². The van der Waals surface area contributed by atoms with Gasteiger partial charge in [0.25, 0.3) is 0 Å². The van der Waals surface area contributed by atoms with Crippen LogP contribution in [-0.4, -0.2) is 5.84 Å². The Hall–Kier alpha value is -2.36.